The molecule has 0 aromatic heterocycles. The zero-order valence-corrected chi connectivity index (χ0v) is 12.1. The molecule has 1 N–H and O–H groups in total. The number of hydrogen-bond donors (Lipinski definition) is 1. The van der Waals surface area contributed by atoms with Gasteiger partial charge in [-0.05, 0) is 18.1 Å². The second kappa shape index (κ2) is 7.39. The maximum Gasteiger partial charge on any atom is 0.257 e. The van der Waals surface area contributed by atoms with Crippen molar-refractivity contribution in [2.45, 2.75) is 20.3 Å². The highest BCUT2D eigenvalue weighted by Gasteiger charge is 2.21. The van der Waals surface area contributed by atoms with Crippen molar-refractivity contribution in [3.05, 3.63) is 23.8 Å². The molecule has 0 fully saturated rings. The first-order chi connectivity index (χ1) is 9.51. The number of hydrogen-bond acceptors (Lipinski definition) is 4. The number of phenols is 1. The Labute approximate surface area is 119 Å². The van der Waals surface area contributed by atoms with E-state index in [4.69, 9.17) is 10.00 Å². The number of methoxy groups -OCH3 is 1. The molecule has 0 aliphatic rings. The van der Waals surface area contributed by atoms with Crippen molar-refractivity contribution in [2.75, 3.05) is 20.2 Å². The lowest BCUT2D eigenvalue weighted by Gasteiger charge is -2.24. The molecule has 0 radical (unpaired) electrons. The molecule has 0 bridgehead atoms. The van der Waals surface area contributed by atoms with Gasteiger partial charge in [0.15, 0.2) is 11.5 Å². The van der Waals surface area contributed by atoms with Crippen LogP contribution in [0.2, 0.25) is 0 Å². The van der Waals surface area contributed by atoms with Crippen LogP contribution in [0, 0.1) is 17.2 Å². The Morgan fingerprint density at radius 2 is 2.20 bits per heavy atom. The van der Waals surface area contributed by atoms with Crippen molar-refractivity contribution in [3.63, 3.8) is 0 Å². The van der Waals surface area contributed by atoms with E-state index in [0.717, 1.165) is 0 Å². The molecule has 0 atom stereocenters. The third-order valence-corrected chi connectivity index (χ3v) is 2.82. The maximum atomic E-state index is 12.5. The summed E-state index contributed by atoms with van der Waals surface area (Å²) in [5.41, 5.74) is 0.197. The van der Waals surface area contributed by atoms with E-state index in [9.17, 15) is 9.90 Å². The maximum absolute atomic E-state index is 12.5. The van der Waals surface area contributed by atoms with Crippen LogP contribution in [0.4, 0.5) is 0 Å². The van der Waals surface area contributed by atoms with Crippen LogP contribution in [-0.4, -0.2) is 36.1 Å². The molecule has 1 aromatic rings. The van der Waals surface area contributed by atoms with E-state index in [-0.39, 0.29) is 35.3 Å². The van der Waals surface area contributed by atoms with E-state index in [2.05, 4.69) is 0 Å². The average molecular weight is 276 g/mol. The lowest BCUT2D eigenvalue weighted by Crippen LogP contribution is -2.35. The van der Waals surface area contributed by atoms with Gasteiger partial charge in [0.05, 0.1) is 25.2 Å². The molecule has 0 aliphatic heterocycles. The lowest BCUT2D eigenvalue weighted by molar-refractivity contribution is 0.0736. The Balaban J connectivity index is 3.02. The zero-order chi connectivity index (χ0) is 15.1. The molecular formula is C15H20N2O3. The summed E-state index contributed by atoms with van der Waals surface area (Å²) in [4.78, 5) is 14.1. The minimum Gasteiger partial charge on any atom is -0.504 e. The summed E-state index contributed by atoms with van der Waals surface area (Å²) < 4.78 is 5.00. The van der Waals surface area contributed by atoms with Crippen LogP contribution in [0.3, 0.4) is 0 Å². The summed E-state index contributed by atoms with van der Waals surface area (Å²) in [6, 6.07) is 6.84. The van der Waals surface area contributed by atoms with E-state index >= 15 is 0 Å². The predicted molar refractivity (Wildman–Crippen MR) is 75.6 cm³/mol. The number of ether oxygens (including phenoxy) is 1. The summed E-state index contributed by atoms with van der Waals surface area (Å²) in [6.45, 7) is 4.89. The highest BCUT2D eigenvalue weighted by molar-refractivity contribution is 5.97. The number of nitriles is 1. The highest BCUT2D eigenvalue weighted by atomic mass is 16.5. The number of benzene rings is 1. The number of nitrogens with zero attached hydrogens (tertiary/aromatic N) is 2. The fourth-order valence-corrected chi connectivity index (χ4v) is 1.93. The summed E-state index contributed by atoms with van der Waals surface area (Å²) in [5, 5.41) is 18.7. The summed E-state index contributed by atoms with van der Waals surface area (Å²) >= 11 is 0. The minimum absolute atomic E-state index is 0.161. The summed E-state index contributed by atoms with van der Waals surface area (Å²) in [5.74, 6) is 0.0992. The van der Waals surface area contributed by atoms with Crippen LogP contribution in [0.15, 0.2) is 18.2 Å². The number of carbonyl (C=O) groups excluding carboxylic acids is 1. The van der Waals surface area contributed by atoms with Gasteiger partial charge in [-0.1, -0.05) is 19.9 Å². The number of phenolic OH excluding ortho intramolecular Hbond substituents is 1. The second-order valence-corrected chi connectivity index (χ2v) is 4.91. The Morgan fingerprint density at radius 1 is 1.50 bits per heavy atom. The van der Waals surface area contributed by atoms with Crippen molar-refractivity contribution in [2.24, 2.45) is 5.92 Å². The van der Waals surface area contributed by atoms with Gasteiger partial charge in [-0.2, -0.15) is 5.26 Å². The summed E-state index contributed by atoms with van der Waals surface area (Å²) in [6.07, 6.45) is 0.267. The second-order valence-electron chi connectivity index (χ2n) is 4.91. The molecule has 20 heavy (non-hydrogen) atoms. The molecule has 108 valence electrons. The molecule has 1 rings (SSSR count). The third kappa shape index (κ3) is 3.89. The van der Waals surface area contributed by atoms with Crippen molar-refractivity contribution >= 4 is 5.91 Å². The molecule has 0 heterocycles. The normalized spacial score (nSPS) is 10.2. The van der Waals surface area contributed by atoms with Gasteiger partial charge < -0.3 is 14.7 Å². The number of amides is 1. The minimum atomic E-state index is -0.287. The average Bonchev–Trinajstić information content (AvgIpc) is 2.42. The van der Waals surface area contributed by atoms with E-state index in [0.29, 0.717) is 13.1 Å². The van der Waals surface area contributed by atoms with Gasteiger partial charge in [0, 0.05) is 13.1 Å². The fourth-order valence-electron chi connectivity index (χ4n) is 1.93. The topological polar surface area (TPSA) is 73.6 Å². The van der Waals surface area contributed by atoms with Gasteiger partial charge in [-0.15, -0.1) is 0 Å². The van der Waals surface area contributed by atoms with Gasteiger partial charge in [0.1, 0.15) is 0 Å². The van der Waals surface area contributed by atoms with Crippen molar-refractivity contribution in [1.82, 2.24) is 4.90 Å². The van der Waals surface area contributed by atoms with E-state index in [1.807, 2.05) is 19.9 Å². The fraction of sp³-hybridized carbons (Fsp3) is 0.467. The molecule has 5 nitrogen and oxygen atoms in total. The van der Waals surface area contributed by atoms with Crippen molar-refractivity contribution in [1.29, 1.82) is 5.26 Å². The van der Waals surface area contributed by atoms with Gasteiger partial charge in [0.2, 0.25) is 0 Å². The predicted octanol–water partition coefficient (Wildman–Crippen LogP) is 2.41. The standard InChI is InChI=1S/C15H20N2O3/c1-11(2)10-17(9-5-8-16)15(19)12-6-4-7-13(20-3)14(12)18/h4,6-7,11,18H,5,9-10H2,1-3H3. The molecule has 0 aliphatic carbocycles. The summed E-state index contributed by atoms with van der Waals surface area (Å²) in [7, 11) is 1.44. The SMILES string of the molecule is COc1cccc(C(=O)N(CCC#N)CC(C)C)c1O. The Morgan fingerprint density at radius 3 is 2.75 bits per heavy atom. The lowest BCUT2D eigenvalue weighted by atomic mass is 10.1. The molecule has 1 amide bonds. The number of aromatic hydroxyl groups is 1. The van der Waals surface area contributed by atoms with Crippen molar-refractivity contribution in [3.8, 4) is 17.6 Å². The van der Waals surface area contributed by atoms with Crippen LogP contribution in [0.25, 0.3) is 0 Å². The van der Waals surface area contributed by atoms with Crippen LogP contribution in [-0.2, 0) is 0 Å². The molecule has 0 spiro atoms. The van der Waals surface area contributed by atoms with Crippen LogP contribution in [0.5, 0.6) is 11.5 Å². The Hall–Kier alpha value is -2.22. The first kappa shape index (κ1) is 15.8. The van der Waals surface area contributed by atoms with Crippen molar-refractivity contribution < 1.29 is 14.6 Å². The van der Waals surface area contributed by atoms with Crippen LogP contribution < -0.4 is 4.74 Å². The zero-order valence-electron chi connectivity index (χ0n) is 12.1. The highest BCUT2D eigenvalue weighted by Crippen LogP contribution is 2.30. The van der Waals surface area contributed by atoms with Gasteiger partial charge in [0.25, 0.3) is 5.91 Å². The molecule has 0 saturated carbocycles. The quantitative estimate of drug-likeness (QED) is 0.866. The smallest absolute Gasteiger partial charge is 0.257 e. The van der Waals surface area contributed by atoms with Crippen LogP contribution in [0.1, 0.15) is 30.6 Å². The van der Waals surface area contributed by atoms with Gasteiger partial charge >= 0.3 is 0 Å². The van der Waals surface area contributed by atoms with E-state index in [1.165, 1.54) is 7.11 Å². The number of rotatable bonds is 6. The third-order valence-electron chi connectivity index (χ3n) is 2.82. The first-order valence-electron chi connectivity index (χ1n) is 6.53. The monoisotopic (exact) mass is 276 g/mol. The Kier molecular flexibility index (Phi) is 5.85. The van der Waals surface area contributed by atoms with Gasteiger partial charge in [-0.3, -0.25) is 4.79 Å². The largest absolute Gasteiger partial charge is 0.504 e. The van der Waals surface area contributed by atoms with Crippen LogP contribution >= 0.6 is 0 Å². The molecule has 0 unspecified atom stereocenters. The van der Waals surface area contributed by atoms with Gasteiger partial charge in [-0.25, -0.2) is 0 Å². The number of para-hydroxylation sites is 1. The van der Waals surface area contributed by atoms with E-state index < -0.39 is 0 Å². The van der Waals surface area contributed by atoms with E-state index in [1.54, 1.807) is 23.1 Å². The Bertz CT molecular complexity index is 506. The first-order valence-corrected chi connectivity index (χ1v) is 6.53. The molecule has 0 saturated heterocycles. The molecule has 1 aromatic carbocycles. The molecular weight excluding hydrogens is 256 g/mol. The number of carbonyl (C=O) groups is 1. The molecule has 5 heteroatoms.